The Hall–Kier alpha value is -2.59. The summed E-state index contributed by atoms with van der Waals surface area (Å²) in [6.07, 6.45) is 0.373. The predicted octanol–water partition coefficient (Wildman–Crippen LogP) is 3.53. The van der Waals surface area contributed by atoms with Crippen LogP contribution in [0.2, 0.25) is 0 Å². The molecule has 1 aromatic carbocycles. The van der Waals surface area contributed by atoms with E-state index in [0.29, 0.717) is 10.8 Å². The second kappa shape index (κ2) is 6.26. The van der Waals surface area contributed by atoms with Crippen molar-refractivity contribution in [3.8, 4) is 6.07 Å². The molecule has 0 bridgehead atoms. The lowest BCUT2D eigenvalue weighted by Crippen LogP contribution is -2.44. The molecule has 0 unspecified atom stereocenters. The fourth-order valence-electron chi connectivity index (χ4n) is 2.87. The highest BCUT2D eigenvalue weighted by Gasteiger charge is 2.34. The van der Waals surface area contributed by atoms with Gasteiger partial charge in [0.1, 0.15) is 6.07 Å². The van der Waals surface area contributed by atoms with Crippen LogP contribution in [-0.4, -0.2) is 24.2 Å². The first-order valence-electron chi connectivity index (χ1n) is 7.22. The maximum Gasteiger partial charge on any atom is 0.414 e. The molecule has 0 fully saturated rings. The molecule has 0 saturated heterocycles. The molecule has 7 heteroatoms. The van der Waals surface area contributed by atoms with Crippen molar-refractivity contribution < 1.29 is 9.53 Å². The fraction of sp³-hybridized carbons (Fsp3) is 0.312. The van der Waals surface area contributed by atoms with Crippen LogP contribution in [0.1, 0.15) is 30.6 Å². The molecule has 1 aromatic heterocycles. The lowest BCUT2D eigenvalue weighted by molar-refractivity contribution is 0.175. The largest absolute Gasteiger partial charge is 0.452 e. The van der Waals surface area contributed by atoms with Gasteiger partial charge in [0.05, 0.1) is 18.8 Å². The maximum absolute atomic E-state index is 12.1. The summed E-state index contributed by atoms with van der Waals surface area (Å²) in [7, 11) is 1.39. The molecule has 2 aromatic rings. The number of ether oxygens (including phenoxy) is 1. The molecule has 0 saturated carbocycles. The summed E-state index contributed by atoms with van der Waals surface area (Å²) in [4.78, 5) is 18.0. The van der Waals surface area contributed by atoms with Crippen LogP contribution in [0.15, 0.2) is 29.6 Å². The summed E-state index contributed by atoms with van der Waals surface area (Å²) in [5.74, 6) is 0. The van der Waals surface area contributed by atoms with Crippen molar-refractivity contribution in [1.29, 1.82) is 5.26 Å². The van der Waals surface area contributed by atoms with E-state index in [9.17, 15) is 4.79 Å². The molecule has 0 radical (unpaired) electrons. The van der Waals surface area contributed by atoms with E-state index in [2.05, 4.69) is 10.3 Å². The number of para-hydroxylation sites is 1. The normalized spacial score (nSPS) is 19.6. The van der Waals surface area contributed by atoms with Crippen molar-refractivity contribution in [3.63, 3.8) is 0 Å². The zero-order valence-electron chi connectivity index (χ0n) is 12.8. The minimum Gasteiger partial charge on any atom is -0.452 e. The van der Waals surface area contributed by atoms with Gasteiger partial charge in [-0.3, -0.25) is 4.90 Å². The van der Waals surface area contributed by atoms with E-state index in [1.165, 1.54) is 18.4 Å². The smallest absolute Gasteiger partial charge is 0.414 e. The molecule has 6 nitrogen and oxygen atoms in total. The number of nitriles is 1. The average molecular weight is 328 g/mol. The minimum absolute atomic E-state index is 0.00903. The van der Waals surface area contributed by atoms with Crippen molar-refractivity contribution in [2.24, 2.45) is 0 Å². The Bertz CT molecular complexity index is 767. The number of methoxy groups -OCH3 is 1. The number of rotatable bonds is 2. The third-order valence-corrected chi connectivity index (χ3v) is 4.65. The zero-order chi connectivity index (χ0) is 16.4. The van der Waals surface area contributed by atoms with Crippen LogP contribution in [0.4, 0.5) is 15.6 Å². The van der Waals surface area contributed by atoms with Gasteiger partial charge in [0.2, 0.25) is 0 Å². The number of carbonyl (C=O) groups is 1. The second-order valence-electron chi connectivity index (χ2n) is 5.33. The molecule has 3 rings (SSSR count). The summed E-state index contributed by atoms with van der Waals surface area (Å²) >= 11 is 1.41. The molecule has 118 valence electrons. The molecule has 0 spiro atoms. The number of fused-ring (bicyclic) bond motifs is 1. The van der Waals surface area contributed by atoms with Crippen LogP contribution in [0.25, 0.3) is 0 Å². The van der Waals surface area contributed by atoms with E-state index < -0.39 is 0 Å². The van der Waals surface area contributed by atoms with E-state index >= 15 is 0 Å². The number of nitrogens with one attached hydrogen (secondary N) is 1. The molecule has 2 heterocycles. The molecule has 23 heavy (non-hydrogen) atoms. The molecular weight excluding hydrogens is 312 g/mol. The van der Waals surface area contributed by atoms with Gasteiger partial charge < -0.3 is 10.1 Å². The lowest BCUT2D eigenvalue weighted by Gasteiger charge is -2.38. The third kappa shape index (κ3) is 2.85. The van der Waals surface area contributed by atoms with E-state index in [-0.39, 0.29) is 18.2 Å². The number of thiazole rings is 1. The van der Waals surface area contributed by atoms with Gasteiger partial charge in [-0.2, -0.15) is 5.26 Å². The Labute approximate surface area is 138 Å². The van der Waals surface area contributed by atoms with Crippen LogP contribution < -0.4 is 10.2 Å². The quantitative estimate of drug-likeness (QED) is 0.912. The molecule has 1 amide bonds. The van der Waals surface area contributed by atoms with Crippen LogP contribution in [0.3, 0.4) is 0 Å². The fourth-order valence-corrected chi connectivity index (χ4v) is 3.56. The van der Waals surface area contributed by atoms with Gasteiger partial charge in [-0.15, -0.1) is 11.3 Å². The van der Waals surface area contributed by atoms with Crippen molar-refractivity contribution in [1.82, 2.24) is 4.98 Å². The predicted molar refractivity (Wildman–Crippen MR) is 88.6 cm³/mol. The standard InChI is InChI=1S/C16H16N4O2S/c1-10-7-13(19-15-18-11(8-17)9-23-15)12-5-3-4-6-14(12)20(10)16(21)22-2/h3-6,9-10,13H,7H2,1-2H3,(H,18,19)/t10-,13+/m1/s1. The third-order valence-electron chi connectivity index (χ3n) is 3.88. The SMILES string of the molecule is COC(=O)N1c2ccccc2[C@@H](Nc2nc(C#N)cs2)C[C@H]1C. The van der Waals surface area contributed by atoms with E-state index in [1.54, 1.807) is 10.3 Å². The summed E-state index contributed by atoms with van der Waals surface area (Å²) in [5.41, 5.74) is 2.27. The first-order valence-corrected chi connectivity index (χ1v) is 8.10. The number of carbonyl (C=O) groups excluding carboxylic acids is 1. The minimum atomic E-state index is -0.357. The average Bonchev–Trinajstić information content (AvgIpc) is 3.02. The number of amides is 1. The molecular formula is C16H16N4O2S. The Balaban J connectivity index is 1.93. The highest BCUT2D eigenvalue weighted by molar-refractivity contribution is 7.13. The van der Waals surface area contributed by atoms with Crippen molar-refractivity contribution in [2.75, 3.05) is 17.3 Å². The van der Waals surface area contributed by atoms with Crippen molar-refractivity contribution >= 4 is 28.2 Å². The molecule has 1 N–H and O–H groups in total. The number of hydrogen-bond donors (Lipinski definition) is 1. The Morgan fingerprint density at radius 1 is 1.52 bits per heavy atom. The van der Waals surface area contributed by atoms with Gasteiger partial charge in [0, 0.05) is 11.4 Å². The van der Waals surface area contributed by atoms with Crippen molar-refractivity contribution in [3.05, 3.63) is 40.9 Å². The summed E-state index contributed by atoms with van der Waals surface area (Å²) in [6, 6.07) is 9.81. The first-order chi connectivity index (χ1) is 11.1. The van der Waals surface area contributed by atoms with Crippen LogP contribution in [0.5, 0.6) is 0 Å². The number of nitrogens with zero attached hydrogens (tertiary/aromatic N) is 3. The first kappa shape index (κ1) is 15.3. The number of benzene rings is 1. The summed E-state index contributed by atoms with van der Waals surface area (Å²) in [6.45, 7) is 1.99. The summed E-state index contributed by atoms with van der Waals surface area (Å²) in [5, 5.41) is 14.7. The van der Waals surface area contributed by atoms with E-state index in [0.717, 1.165) is 17.7 Å². The zero-order valence-corrected chi connectivity index (χ0v) is 13.6. The highest BCUT2D eigenvalue weighted by Crippen LogP contribution is 2.39. The maximum atomic E-state index is 12.1. The van der Waals surface area contributed by atoms with Gasteiger partial charge in [-0.1, -0.05) is 18.2 Å². The van der Waals surface area contributed by atoms with Crippen molar-refractivity contribution in [2.45, 2.75) is 25.4 Å². The van der Waals surface area contributed by atoms with Crippen LogP contribution >= 0.6 is 11.3 Å². The van der Waals surface area contributed by atoms with E-state index in [4.69, 9.17) is 10.00 Å². The van der Waals surface area contributed by atoms with E-state index in [1.807, 2.05) is 37.3 Å². The number of aromatic nitrogens is 1. The Morgan fingerprint density at radius 3 is 3.00 bits per heavy atom. The number of hydrogen-bond acceptors (Lipinski definition) is 6. The molecule has 2 atom stereocenters. The second-order valence-corrected chi connectivity index (χ2v) is 6.19. The van der Waals surface area contributed by atoms with Crippen LogP contribution in [0, 0.1) is 11.3 Å². The van der Waals surface area contributed by atoms with Gasteiger partial charge in [0.25, 0.3) is 0 Å². The molecule has 0 aliphatic carbocycles. The van der Waals surface area contributed by atoms with Gasteiger partial charge >= 0.3 is 6.09 Å². The Kier molecular flexibility index (Phi) is 4.17. The topological polar surface area (TPSA) is 78.2 Å². The van der Waals surface area contributed by atoms with Gasteiger partial charge in [-0.25, -0.2) is 9.78 Å². The monoisotopic (exact) mass is 328 g/mol. The van der Waals surface area contributed by atoms with Gasteiger partial charge in [0.15, 0.2) is 10.8 Å². The Morgan fingerprint density at radius 2 is 2.30 bits per heavy atom. The van der Waals surface area contributed by atoms with Crippen LogP contribution in [-0.2, 0) is 4.74 Å². The molecule has 1 aliphatic heterocycles. The van der Waals surface area contributed by atoms with Gasteiger partial charge in [-0.05, 0) is 25.0 Å². The summed E-state index contributed by atoms with van der Waals surface area (Å²) < 4.78 is 4.91. The number of anilines is 2. The molecule has 1 aliphatic rings. The lowest BCUT2D eigenvalue weighted by atomic mass is 9.92. The highest BCUT2D eigenvalue weighted by atomic mass is 32.1.